The van der Waals surface area contributed by atoms with E-state index in [9.17, 15) is 4.79 Å². The van der Waals surface area contributed by atoms with Crippen molar-refractivity contribution in [3.8, 4) is 0 Å². The molecule has 1 aliphatic rings. The molecule has 0 bridgehead atoms. The zero-order valence-electron chi connectivity index (χ0n) is 11.7. The van der Waals surface area contributed by atoms with Crippen LogP contribution in [0.5, 0.6) is 0 Å². The molecule has 0 unspecified atom stereocenters. The standard InChI is InChI=1S/C15H25NO2/c1-4-5-8-12(2)13(3)14(11-15(17)18)16-9-6-7-10-16/h5,8,11-13H,4,6-7,9-10H2,1-3H3,(H,17,18)/t12-,13-/m1/s1. The van der Waals surface area contributed by atoms with Crippen molar-refractivity contribution >= 4 is 5.97 Å². The molecule has 0 aromatic heterocycles. The molecule has 1 N–H and O–H groups in total. The quantitative estimate of drug-likeness (QED) is 0.581. The first-order chi connectivity index (χ1) is 8.56. The van der Waals surface area contributed by atoms with Gasteiger partial charge in [-0.1, -0.05) is 32.9 Å². The summed E-state index contributed by atoms with van der Waals surface area (Å²) in [5.41, 5.74) is 0.980. The Bertz CT molecular complexity index is 327. The zero-order chi connectivity index (χ0) is 13.5. The molecule has 1 saturated heterocycles. The van der Waals surface area contributed by atoms with Crippen LogP contribution >= 0.6 is 0 Å². The minimum Gasteiger partial charge on any atom is -0.478 e. The molecule has 102 valence electrons. The molecule has 1 heterocycles. The lowest BCUT2D eigenvalue weighted by Crippen LogP contribution is -2.26. The third-order valence-electron chi connectivity index (χ3n) is 3.67. The number of carboxylic acids is 1. The van der Waals surface area contributed by atoms with Gasteiger partial charge >= 0.3 is 5.97 Å². The van der Waals surface area contributed by atoms with Crippen molar-refractivity contribution in [3.63, 3.8) is 0 Å². The maximum atomic E-state index is 11.0. The predicted octanol–water partition coefficient (Wildman–Crippen LogP) is 3.29. The van der Waals surface area contributed by atoms with Gasteiger partial charge in [-0.15, -0.1) is 0 Å². The van der Waals surface area contributed by atoms with Crippen LogP contribution in [0.2, 0.25) is 0 Å². The van der Waals surface area contributed by atoms with Gasteiger partial charge in [-0.3, -0.25) is 0 Å². The summed E-state index contributed by atoms with van der Waals surface area (Å²) in [6.07, 6.45) is 9.11. The SMILES string of the molecule is CCC=C[C@@H](C)[C@@H](C)C(=CC(=O)O)N1CCCC1. The van der Waals surface area contributed by atoms with Crippen LogP contribution in [0.15, 0.2) is 23.9 Å². The first-order valence-corrected chi connectivity index (χ1v) is 6.92. The molecule has 2 atom stereocenters. The maximum Gasteiger partial charge on any atom is 0.330 e. The molecule has 18 heavy (non-hydrogen) atoms. The van der Waals surface area contributed by atoms with E-state index in [1.807, 2.05) is 0 Å². The maximum absolute atomic E-state index is 11.0. The molecule has 3 heteroatoms. The smallest absolute Gasteiger partial charge is 0.330 e. The van der Waals surface area contributed by atoms with Gasteiger partial charge in [0.1, 0.15) is 0 Å². The largest absolute Gasteiger partial charge is 0.478 e. The van der Waals surface area contributed by atoms with E-state index in [0.29, 0.717) is 5.92 Å². The third-order valence-corrected chi connectivity index (χ3v) is 3.67. The highest BCUT2D eigenvalue weighted by atomic mass is 16.4. The van der Waals surface area contributed by atoms with Gasteiger partial charge in [-0.05, 0) is 25.2 Å². The molecule has 1 aliphatic heterocycles. The molecule has 0 aromatic carbocycles. The second kappa shape index (κ2) is 7.24. The third kappa shape index (κ3) is 4.21. The molecule has 1 rings (SSSR count). The van der Waals surface area contributed by atoms with Crippen molar-refractivity contribution < 1.29 is 9.90 Å². The molecule has 0 amide bonds. The highest BCUT2D eigenvalue weighted by Crippen LogP contribution is 2.27. The number of likely N-dealkylation sites (tertiary alicyclic amines) is 1. The van der Waals surface area contributed by atoms with E-state index in [4.69, 9.17) is 5.11 Å². The molecule has 0 radical (unpaired) electrons. The van der Waals surface area contributed by atoms with Crippen LogP contribution in [-0.4, -0.2) is 29.1 Å². The van der Waals surface area contributed by atoms with Crippen LogP contribution in [-0.2, 0) is 4.79 Å². The Morgan fingerprint density at radius 3 is 2.44 bits per heavy atom. The molecule has 3 nitrogen and oxygen atoms in total. The Kier molecular flexibility index (Phi) is 5.96. The van der Waals surface area contributed by atoms with Gasteiger partial charge in [-0.25, -0.2) is 4.79 Å². The van der Waals surface area contributed by atoms with Gasteiger partial charge in [-0.2, -0.15) is 0 Å². The Labute approximate surface area is 110 Å². The van der Waals surface area contributed by atoms with E-state index in [1.54, 1.807) is 0 Å². The normalized spacial score (nSPS) is 20.4. The number of nitrogens with zero attached hydrogens (tertiary/aromatic N) is 1. The Morgan fingerprint density at radius 2 is 1.94 bits per heavy atom. The summed E-state index contributed by atoms with van der Waals surface area (Å²) < 4.78 is 0. The monoisotopic (exact) mass is 251 g/mol. The van der Waals surface area contributed by atoms with Gasteiger partial charge in [0.05, 0.1) is 0 Å². The van der Waals surface area contributed by atoms with Crippen molar-refractivity contribution in [2.24, 2.45) is 11.8 Å². The lowest BCUT2D eigenvalue weighted by Gasteiger charge is -2.29. The van der Waals surface area contributed by atoms with E-state index < -0.39 is 5.97 Å². The second-order valence-corrected chi connectivity index (χ2v) is 5.09. The number of carbonyl (C=O) groups is 1. The fourth-order valence-electron chi connectivity index (χ4n) is 2.40. The molecule has 1 fully saturated rings. The van der Waals surface area contributed by atoms with E-state index in [-0.39, 0.29) is 5.92 Å². The minimum absolute atomic E-state index is 0.252. The highest BCUT2D eigenvalue weighted by Gasteiger charge is 2.23. The summed E-state index contributed by atoms with van der Waals surface area (Å²) in [6.45, 7) is 8.38. The first-order valence-electron chi connectivity index (χ1n) is 6.92. The van der Waals surface area contributed by atoms with Gasteiger partial charge in [0.15, 0.2) is 0 Å². The number of hydrogen-bond acceptors (Lipinski definition) is 2. The number of aliphatic carboxylic acids is 1. The lowest BCUT2D eigenvalue weighted by atomic mass is 9.91. The minimum atomic E-state index is -0.838. The van der Waals surface area contributed by atoms with Gasteiger partial charge in [0.25, 0.3) is 0 Å². The summed E-state index contributed by atoms with van der Waals surface area (Å²) in [5.74, 6) is -0.214. The van der Waals surface area contributed by atoms with Crippen LogP contribution < -0.4 is 0 Å². The first kappa shape index (κ1) is 14.8. The van der Waals surface area contributed by atoms with Gasteiger partial charge in [0.2, 0.25) is 0 Å². The summed E-state index contributed by atoms with van der Waals surface area (Å²) in [6, 6.07) is 0. The van der Waals surface area contributed by atoms with E-state index in [0.717, 1.165) is 25.2 Å². The topological polar surface area (TPSA) is 40.5 Å². The molecule has 0 aliphatic carbocycles. The Morgan fingerprint density at radius 1 is 1.33 bits per heavy atom. The molecule has 0 aromatic rings. The predicted molar refractivity (Wildman–Crippen MR) is 74.3 cm³/mol. The number of allylic oxidation sites excluding steroid dienone is 3. The molecule has 0 saturated carbocycles. The van der Waals surface area contributed by atoms with Crippen LogP contribution in [0.4, 0.5) is 0 Å². The second-order valence-electron chi connectivity index (χ2n) is 5.09. The van der Waals surface area contributed by atoms with Gasteiger partial charge < -0.3 is 10.0 Å². The Hall–Kier alpha value is -1.25. The Balaban J connectivity index is 2.81. The zero-order valence-corrected chi connectivity index (χ0v) is 11.7. The van der Waals surface area contributed by atoms with Crippen molar-refractivity contribution in [3.05, 3.63) is 23.9 Å². The fourth-order valence-corrected chi connectivity index (χ4v) is 2.40. The van der Waals surface area contributed by atoms with Crippen molar-refractivity contribution in [2.45, 2.75) is 40.0 Å². The number of hydrogen-bond donors (Lipinski definition) is 1. The summed E-state index contributed by atoms with van der Waals surface area (Å²) in [5, 5.41) is 9.03. The van der Waals surface area contributed by atoms with Gasteiger partial charge in [0, 0.05) is 30.8 Å². The molecular formula is C15H25NO2. The lowest BCUT2D eigenvalue weighted by molar-refractivity contribution is -0.131. The molecular weight excluding hydrogens is 226 g/mol. The van der Waals surface area contributed by atoms with Crippen LogP contribution in [0.1, 0.15) is 40.0 Å². The van der Waals surface area contributed by atoms with E-state index >= 15 is 0 Å². The average Bonchev–Trinajstić information content (AvgIpc) is 2.85. The van der Waals surface area contributed by atoms with Crippen LogP contribution in [0, 0.1) is 11.8 Å². The van der Waals surface area contributed by atoms with E-state index in [1.165, 1.54) is 18.9 Å². The fraction of sp³-hybridized carbons (Fsp3) is 0.667. The average molecular weight is 251 g/mol. The van der Waals surface area contributed by atoms with E-state index in [2.05, 4.69) is 37.8 Å². The van der Waals surface area contributed by atoms with Crippen molar-refractivity contribution in [1.29, 1.82) is 0 Å². The van der Waals surface area contributed by atoms with Crippen molar-refractivity contribution in [1.82, 2.24) is 4.90 Å². The molecule has 0 spiro atoms. The number of carboxylic acid groups (broad SMARTS) is 1. The summed E-state index contributed by atoms with van der Waals surface area (Å²) in [7, 11) is 0. The van der Waals surface area contributed by atoms with Crippen LogP contribution in [0.25, 0.3) is 0 Å². The van der Waals surface area contributed by atoms with Crippen LogP contribution in [0.3, 0.4) is 0 Å². The number of rotatable bonds is 6. The summed E-state index contributed by atoms with van der Waals surface area (Å²) in [4.78, 5) is 13.2. The van der Waals surface area contributed by atoms with Crippen molar-refractivity contribution in [2.75, 3.05) is 13.1 Å². The summed E-state index contributed by atoms with van der Waals surface area (Å²) >= 11 is 0. The highest BCUT2D eigenvalue weighted by molar-refractivity contribution is 5.80.